The molecule has 1 saturated heterocycles. The number of benzene rings is 1. The Kier molecular flexibility index (Phi) is 4.79. The van der Waals surface area contributed by atoms with Crippen molar-refractivity contribution in [2.45, 2.75) is 20.4 Å². The fourth-order valence-electron chi connectivity index (χ4n) is 3.69. The third kappa shape index (κ3) is 3.28. The normalized spacial score (nSPS) is 14.8. The van der Waals surface area contributed by atoms with E-state index in [1.165, 1.54) is 0 Å². The standard InChI is InChI=1S/C21H24ClN5/c1-4-27-19-8-6-5-7-18(19)24-21(27)16-13-20(23-14-17(16)22)26-11-9-25(10-12-26)15(2)3/h5-8,13-14H,2,4,9-12H2,1,3H3. The predicted molar refractivity (Wildman–Crippen MR) is 112 cm³/mol. The highest BCUT2D eigenvalue weighted by Gasteiger charge is 2.20. The molecule has 0 aliphatic carbocycles. The number of aromatic nitrogens is 3. The highest BCUT2D eigenvalue weighted by atomic mass is 35.5. The molecule has 0 spiro atoms. The van der Waals surface area contributed by atoms with Crippen molar-refractivity contribution in [3.63, 3.8) is 0 Å². The van der Waals surface area contributed by atoms with E-state index in [2.05, 4.69) is 51.9 Å². The van der Waals surface area contributed by atoms with Crippen LogP contribution in [0.1, 0.15) is 13.8 Å². The SMILES string of the molecule is C=C(C)N1CCN(c2cc(-c3nc4ccccc4n3CC)c(Cl)cn2)CC1. The molecule has 3 heterocycles. The highest BCUT2D eigenvalue weighted by molar-refractivity contribution is 6.33. The molecule has 0 bridgehead atoms. The number of aryl methyl sites for hydroxylation is 1. The zero-order valence-electron chi connectivity index (χ0n) is 15.8. The van der Waals surface area contributed by atoms with Gasteiger partial charge in [-0.25, -0.2) is 9.97 Å². The lowest BCUT2D eigenvalue weighted by molar-refractivity contribution is 0.322. The van der Waals surface area contributed by atoms with Crippen LogP contribution in [0.25, 0.3) is 22.4 Å². The third-order valence-corrected chi connectivity index (χ3v) is 5.50. The van der Waals surface area contributed by atoms with Gasteiger partial charge >= 0.3 is 0 Å². The number of pyridine rings is 1. The van der Waals surface area contributed by atoms with Crippen molar-refractivity contribution in [3.8, 4) is 11.4 Å². The first-order valence-electron chi connectivity index (χ1n) is 9.35. The zero-order chi connectivity index (χ0) is 19.0. The van der Waals surface area contributed by atoms with E-state index in [9.17, 15) is 0 Å². The van der Waals surface area contributed by atoms with Gasteiger partial charge in [0.05, 0.1) is 16.1 Å². The maximum absolute atomic E-state index is 6.54. The van der Waals surface area contributed by atoms with Gasteiger partial charge in [0.2, 0.25) is 0 Å². The highest BCUT2D eigenvalue weighted by Crippen LogP contribution is 2.32. The zero-order valence-corrected chi connectivity index (χ0v) is 16.6. The number of hydrogen-bond donors (Lipinski definition) is 0. The quantitative estimate of drug-likeness (QED) is 0.670. The minimum atomic E-state index is 0.629. The second kappa shape index (κ2) is 7.24. The Labute approximate surface area is 164 Å². The number of nitrogens with zero attached hydrogens (tertiary/aromatic N) is 5. The lowest BCUT2D eigenvalue weighted by Gasteiger charge is -2.37. The molecule has 5 nitrogen and oxygen atoms in total. The van der Waals surface area contributed by atoms with Crippen LogP contribution < -0.4 is 4.90 Å². The molecule has 2 aromatic heterocycles. The molecule has 0 amide bonds. The van der Waals surface area contributed by atoms with Crippen molar-refractivity contribution in [2.24, 2.45) is 0 Å². The van der Waals surface area contributed by atoms with Crippen LogP contribution in [0.4, 0.5) is 5.82 Å². The van der Waals surface area contributed by atoms with E-state index in [4.69, 9.17) is 16.6 Å². The van der Waals surface area contributed by atoms with Crippen LogP contribution >= 0.6 is 11.6 Å². The summed E-state index contributed by atoms with van der Waals surface area (Å²) in [6, 6.07) is 10.3. The van der Waals surface area contributed by atoms with Gasteiger partial charge in [-0.3, -0.25) is 0 Å². The largest absolute Gasteiger partial charge is 0.372 e. The topological polar surface area (TPSA) is 37.2 Å². The molecule has 1 aliphatic heterocycles. The van der Waals surface area contributed by atoms with E-state index in [1.807, 2.05) is 18.2 Å². The Morgan fingerprint density at radius 3 is 2.63 bits per heavy atom. The Bertz CT molecular complexity index is 985. The molecule has 1 aromatic carbocycles. The van der Waals surface area contributed by atoms with Crippen molar-refractivity contribution >= 4 is 28.5 Å². The van der Waals surface area contributed by atoms with Crippen molar-refractivity contribution < 1.29 is 0 Å². The average molecular weight is 382 g/mol. The van der Waals surface area contributed by atoms with Crippen LogP contribution in [0.15, 0.2) is 48.8 Å². The molecule has 0 radical (unpaired) electrons. The van der Waals surface area contributed by atoms with Crippen molar-refractivity contribution in [2.75, 3.05) is 31.1 Å². The van der Waals surface area contributed by atoms with Gasteiger partial charge < -0.3 is 14.4 Å². The van der Waals surface area contributed by atoms with Crippen molar-refractivity contribution in [3.05, 3.63) is 53.8 Å². The molecule has 0 saturated carbocycles. The van der Waals surface area contributed by atoms with Crippen molar-refractivity contribution in [1.29, 1.82) is 0 Å². The second-order valence-electron chi connectivity index (χ2n) is 6.90. The van der Waals surface area contributed by atoms with E-state index < -0.39 is 0 Å². The van der Waals surface area contributed by atoms with Gasteiger partial charge in [0.1, 0.15) is 11.6 Å². The molecule has 0 atom stereocenters. The molecule has 140 valence electrons. The minimum absolute atomic E-state index is 0.629. The Balaban J connectivity index is 1.71. The number of allylic oxidation sites excluding steroid dienone is 1. The number of rotatable bonds is 4. The number of fused-ring (bicyclic) bond motifs is 1. The number of imidazole rings is 1. The first-order valence-corrected chi connectivity index (χ1v) is 9.73. The predicted octanol–water partition coefficient (Wildman–Crippen LogP) is 4.43. The molecule has 4 rings (SSSR count). The molecule has 27 heavy (non-hydrogen) atoms. The van der Waals surface area contributed by atoms with E-state index >= 15 is 0 Å². The maximum Gasteiger partial charge on any atom is 0.142 e. The molecule has 0 N–H and O–H groups in total. The van der Waals surface area contributed by atoms with Crippen LogP contribution in [0.3, 0.4) is 0 Å². The second-order valence-corrected chi connectivity index (χ2v) is 7.31. The Morgan fingerprint density at radius 1 is 1.19 bits per heavy atom. The van der Waals surface area contributed by atoms with Gasteiger partial charge in [-0.05, 0) is 32.0 Å². The lowest BCUT2D eigenvalue weighted by atomic mass is 10.2. The number of hydrogen-bond acceptors (Lipinski definition) is 4. The monoisotopic (exact) mass is 381 g/mol. The van der Waals surface area contributed by atoms with Crippen LogP contribution in [0, 0.1) is 0 Å². The van der Waals surface area contributed by atoms with E-state index in [1.54, 1.807) is 6.20 Å². The average Bonchev–Trinajstić information content (AvgIpc) is 3.07. The third-order valence-electron chi connectivity index (χ3n) is 5.20. The molecule has 1 aliphatic rings. The molecule has 3 aromatic rings. The molecule has 6 heteroatoms. The number of para-hydroxylation sites is 2. The Morgan fingerprint density at radius 2 is 1.93 bits per heavy atom. The number of piperazine rings is 1. The lowest BCUT2D eigenvalue weighted by Crippen LogP contribution is -2.45. The minimum Gasteiger partial charge on any atom is -0.372 e. The molecule has 0 unspecified atom stereocenters. The number of halogens is 1. The van der Waals surface area contributed by atoms with Crippen LogP contribution in [-0.2, 0) is 6.54 Å². The van der Waals surface area contributed by atoms with Gasteiger partial charge in [0, 0.05) is 50.2 Å². The van der Waals surface area contributed by atoms with Gasteiger partial charge in [-0.2, -0.15) is 0 Å². The van der Waals surface area contributed by atoms with E-state index in [-0.39, 0.29) is 0 Å². The van der Waals surface area contributed by atoms with Crippen molar-refractivity contribution in [1.82, 2.24) is 19.4 Å². The first kappa shape index (κ1) is 17.9. The van der Waals surface area contributed by atoms with Crippen LogP contribution in [0.2, 0.25) is 5.02 Å². The van der Waals surface area contributed by atoms with Crippen LogP contribution in [-0.4, -0.2) is 45.6 Å². The molecular weight excluding hydrogens is 358 g/mol. The van der Waals surface area contributed by atoms with Gasteiger partial charge in [-0.15, -0.1) is 0 Å². The molecule has 1 fully saturated rings. The Hall–Kier alpha value is -2.53. The van der Waals surface area contributed by atoms with Gasteiger partial charge in [0.15, 0.2) is 0 Å². The molecular formula is C21H24ClN5. The summed E-state index contributed by atoms with van der Waals surface area (Å²) in [6.07, 6.45) is 1.75. The smallest absolute Gasteiger partial charge is 0.142 e. The summed E-state index contributed by atoms with van der Waals surface area (Å²) >= 11 is 6.54. The summed E-state index contributed by atoms with van der Waals surface area (Å²) in [6.45, 7) is 12.8. The summed E-state index contributed by atoms with van der Waals surface area (Å²) < 4.78 is 2.21. The summed E-state index contributed by atoms with van der Waals surface area (Å²) in [5.41, 5.74) is 4.16. The summed E-state index contributed by atoms with van der Waals surface area (Å²) in [5.74, 6) is 1.85. The fraction of sp³-hybridized carbons (Fsp3) is 0.333. The first-order chi connectivity index (χ1) is 13.1. The van der Waals surface area contributed by atoms with E-state index in [0.29, 0.717) is 5.02 Å². The number of anilines is 1. The summed E-state index contributed by atoms with van der Waals surface area (Å²) in [4.78, 5) is 14.0. The maximum atomic E-state index is 6.54. The van der Waals surface area contributed by atoms with Gasteiger partial charge in [0.25, 0.3) is 0 Å². The van der Waals surface area contributed by atoms with Crippen LogP contribution in [0.5, 0.6) is 0 Å². The fourth-order valence-corrected chi connectivity index (χ4v) is 3.88. The van der Waals surface area contributed by atoms with Gasteiger partial charge in [-0.1, -0.05) is 30.3 Å². The van der Waals surface area contributed by atoms with E-state index in [0.717, 1.165) is 66.7 Å². The summed E-state index contributed by atoms with van der Waals surface area (Å²) in [5, 5.41) is 0.629. The summed E-state index contributed by atoms with van der Waals surface area (Å²) in [7, 11) is 0.